The third kappa shape index (κ3) is 7.85. The van der Waals surface area contributed by atoms with Crippen molar-refractivity contribution in [1.29, 1.82) is 0 Å². The minimum absolute atomic E-state index is 0.164. The van der Waals surface area contributed by atoms with Crippen LogP contribution in [-0.2, 0) is 19.1 Å². The van der Waals surface area contributed by atoms with Crippen LogP contribution in [0.3, 0.4) is 0 Å². The van der Waals surface area contributed by atoms with Gasteiger partial charge in [0.1, 0.15) is 5.54 Å². The molecule has 0 spiro atoms. The Bertz CT molecular complexity index is 407. The number of rotatable bonds is 10. The molecule has 0 aliphatic heterocycles. The van der Waals surface area contributed by atoms with Gasteiger partial charge in [-0.05, 0) is 25.7 Å². The molecule has 7 nitrogen and oxygen atoms in total. The summed E-state index contributed by atoms with van der Waals surface area (Å²) in [4.78, 5) is 34.5. The predicted octanol–water partition coefficient (Wildman–Crippen LogP) is 3.07. The maximum atomic E-state index is 11.8. The quantitative estimate of drug-likeness (QED) is 0.471. The van der Waals surface area contributed by atoms with E-state index in [0.29, 0.717) is 18.8 Å². The van der Waals surface area contributed by atoms with Gasteiger partial charge in [-0.3, -0.25) is 4.79 Å². The summed E-state index contributed by atoms with van der Waals surface area (Å²) in [6.07, 6.45) is 1.08. The highest BCUT2D eigenvalue weighted by Crippen LogP contribution is 2.22. The second kappa shape index (κ2) is 10.1. The van der Waals surface area contributed by atoms with E-state index in [1.807, 2.05) is 0 Å². The zero-order valence-corrected chi connectivity index (χ0v) is 14.7. The van der Waals surface area contributed by atoms with Gasteiger partial charge in [-0.1, -0.05) is 33.6 Å². The smallest absolute Gasteiger partial charge is 0.411 e. The van der Waals surface area contributed by atoms with Crippen LogP contribution in [-0.4, -0.2) is 35.0 Å². The van der Waals surface area contributed by atoms with Crippen LogP contribution in [0.2, 0.25) is 0 Å². The van der Waals surface area contributed by atoms with E-state index in [4.69, 9.17) is 9.47 Å². The summed E-state index contributed by atoms with van der Waals surface area (Å²) >= 11 is 0. The van der Waals surface area contributed by atoms with Crippen LogP contribution in [0.5, 0.6) is 0 Å². The molecule has 0 saturated heterocycles. The molecule has 0 rings (SSSR count). The lowest BCUT2D eigenvalue weighted by molar-refractivity contribution is -0.165. The maximum absolute atomic E-state index is 11.8. The minimum atomic E-state index is -1.42. The molecule has 0 bridgehead atoms. The number of alkyl carbamates (subject to hydrolysis) is 1. The molecule has 0 unspecified atom stereocenters. The van der Waals surface area contributed by atoms with Gasteiger partial charge in [0, 0.05) is 13.3 Å². The largest absolute Gasteiger partial charge is 0.480 e. The van der Waals surface area contributed by atoms with Gasteiger partial charge in [-0.25, -0.2) is 9.59 Å². The number of amides is 1. The molecule has 0 aromatic carbocycles. The molecule has 0 heterocycles. The molecular weight excluding hydrogens is 302 g/mol. The minimum Gasteiger partial charge on any atom is -0.480 e. The van der Waals surface area contributed by atoms with Crippen molar-refractivity contribution in [3.05, 3.63) is 0 Å². The monoisotopic (exact) mass is 331 g/mol. The molecule has 0 aliphatic rings. The van der Waals surface area contributed by atoms with Gasteiger partial charge in [0.25, 0.3) is 0 Å². The van der Waals surface area contributed by atoms with E-state index in [9.17, 15) is 19.5 Å². The Morgan fingerprint density at radius 3 is 2.13 bits per heavy atom. The third-order valence-electron chi connectivity index (χ3n) is 3.92. The topological polar surface area (TPSA) is 102 Å². The van der Waals surface area contributed by atoms with Crippen molar-refractivity contribution < 1.29 is 29.0 Å². The lowest BCUT2D eigenvalue weighted by Gasteiger charge is -2.28. The fourth-order valence-corrected chi connectivity index (χ4v) is 2.11. The summed E-state index contributed by atoms with van der Waals surface area (Å²) in [5.41, 5.74) is -1.42. The second-order valence-corrected chi connectivity index (χ2v) is 5.80. The molecule has 1 amide bonds. The Morgan fingerprint density at radius 1 is 1.13 bits per heavy atom. The van der Waals surface area contributed by atoms with Crippen molar-refractivity contribution in [3.8, 4) is 0 Å². The van der Waals surface area contributed by atoms with Crippen LogP contribution in [0.25, 0.3) is 0 Å². The third-order valence-corrected chi connectivity index (χ3v) is 3.92. The normalized spacial score (nSPS) is 14.7. The molecular formula is C16H29NO6. The molecule has 2 N–H and O–H groups in total. The Hall–Kier alpha value is -1.79. The highest BCUT2D eigenvalue weighted by Gasteiger charge is 2.36. The number of esters is 1. The fraction of sp³-hybridized carbons (Fsp3) is 0.812. The first-order valence-corrected chi connectivity index (χ1v) is 8.10. The van der Waals surface area contributed by atoms with Gasteiger partial charge in [0.2, 0.25) is 6.29 Å². The first kappa shape index (κ1) is 21.2. The summed E-state index contributed by atoms with van der Waals surface area (Å²) < 4.78 is 9.68. The first-order valence-electron chi connectivity index (χ1n) is 8.10. The molecule has 0 aromatic rings. The van der Waals surface area contributed by atoms with Crippen molar-refractivity contribution in [3.63, 3.8) is 0 Å². The van der Waals surface area contributed by atoms with Crippen molar-refractivity contribution in [1.82, 2.24) is 5.32 Å². The van der Waals surface area contributed by atoms with E-state index in [1.54, 1.807) is 6.92 Å². The van der Waals surface area contributed by atoms with Gasteiger partial charge in [-0.2, -0.15) is 0 Å². The first-order chi connectivity index (χ1) is 10.7. The van der Waals surface area contributed by atoms with Gasteiger partial charge in [0.15, 0.2) is 0 Å². The Morgan fingerprint density at radius 2 is 1.70 bits per heavy atom. The van der Waals surface area contributed by atoms with Gasteiger partial charge in [-0.15, -0.1) is 0 Å². The lowest BCUT2D eigenvalue weighted by Crippen LogP contribution is -2.53. The number of hydrogen-bond acceptors (Lipinski definition) is 5. The summed E-state index contributed by atoms with van der Waals surface area (Å²) in [6.45, 7) is 8.57. The molecule has 0 fully saturated rings. The number of carbonyl (C=O) groups excluding carboxylic acids is 2. The SMILES string of the molecule is CCC(=O)O[C@H](C)OC(=O)N[C@@](C)(CCC(CC)CC)C(=O)O. The highest BCUT2D eigenvalue weighted by molar-refractivity contribution is 5.83. The van der Waals surface area contributed by atoms with Crippen LogP contribution < -0.4 is 5.32 Å². The van der Waals surface area contributed by atoms with Crippen LogP contribution in [0.1, 0.15) is 66.7 Å². The zero-order chi connectivity index (χ0) is 18.0. The summed E-state index contributed by atoms with van der Waals surface area (Å²) in [6, 6.07) is 0. The van der Waals surface area contributed by atoms with Crippen LogP contribution in [0, 0.1) is 5.92 Å². The number of aliphatic carboxylic acids is 1. The van der Waals surface area contributed by atoms with Crippen molar-refractivity contribution in [2.75, 3.05) is 0 Å². The highest BCUT2D eigenvalue weighted by atomic mass is 16.7. The molecule has 0 aliphatic carbocycles. The number of nitrogens with one attached hydrogen (secondary N) is 1. The zero-order valence-electron chi connectivity index (χ0n) is 14.7. The number of carboxylic acids is 1. The van der Waals surface area contributed by atoms with E-state index in [2.05, 4.69) is 19.2 Å². The van der Waals surface area contributed by atoms with E-state index in [1.165, 1.54) is 13.8 Å². The Balaban J connectivity index is 4.63. The number of ether oxygens (including phenoxy) is 2. The van der Waals surface area contributed by atoms with Crippen molar-refractivity contribution in [2.45, 2.75) is 78.6 Å². The molecule has 0 radical (unpaired) electrons. The predicted molar refractivity (Wildman–Crippen MR) is 84.8 cm³/mol. The Labute approximate surface area is 137 Å². The molecule has 23 heavy (non-hydrogen) atoms. The summed E-state index contributed by atoms with van der Waals surface area (Å²) in [7, 11) is 0. The lowest BCUT2D eigenvalue weighted by atomic mass is 9.88. The average molecular weight is 331 g/mol. The van der Waals surface area contributed by atoms with Gasteiger partial charge >= 0.3 is 18.0 Å². The number of hydrogen-bond donors (Lipinski definition) is 2. The summed E-state index contributed by atoms with van der Waals surface area (Å²) in [5.74, 6) is -1.21. The van der Waals surface area contributed by atoms with Crippen molar-refractivity contribution >= 4 is 18.0 Å². The Kier molecular flexibility index (Phi) is 9.29. The molecule has 7 heteroatoms. The van der Waals surface area contributed by atoms with E-state index in [-0.39, 0.29) is 6.42 Å². The standard InChI is InChI=1S/C16H29NO6/c1-6-12(7-2)9-10-16(5,14(19)20)17-15(21)23-11(4)22-13(18)8-3/h11-12H,6-10H2,1-5H3,(H,17,21)(H,19,20)/t11-,16-/m0/s1. The van der Waals surface area contributed by atoms with E-state index >= 15 is 0 Å². The number of carboxylic acid groups (broad SMARTS) is 1. The van der Waals surface area contributed by atoms with Gasteiger partial charge < -0.3 is 19.9 Å². The summed E-state index contributed by atoms with van der Waals surface area (Å²) in [5, 5.41) is 11.8. The van der Waals surface area contributed by atoms with Crippen LogP contribution >= 0.6 is 0 Å². The van der Waals surface area contributed by atoms with E-state index in [0.717, 1.165) is 12.8 Å². The second-order valence-electron chi connectivity index (χ2n) is 5.80. The van der Waals surface area contributed by atoms with E-state index < -0.39 is 29.9 Å². The fourth-order valence-electron chi connectivity index (χ4n) is 2.11. The van der Waals surface area contributed by atoms with Gasteiger partial charge in [0.05, 0.1) is 0 Å². The molecule has 0 aromatic heterocycles. The van der Waals surface area contributed by atoms with Crippen LogP contribution in [0.4, 0.5) is 4.79 Å². The molecule has 2 atom stereocenters. The maximum Gasteiger partial charge on any atom is 0.411 e. The molecule has 0 saturated carbocycles. The number of carbonyl (C=O) groups is 3. The molecule has 134 valence electrons. The average Bonchev–Trinajstić information content (AvgIpc) is 2.47. The van der Waals surface area contributed by atoms with Crippen LogP contribution in [0.15, 0.2) is 0 Å². The van der Waals surface area contributed by atoms with Crippen molar-refractivity contribution in [2.24, 2.45) is 5.92 Å².